The highest BCUT2D eigenvalue weighted by Crippen LogP contribution is 2.33. The Hall–Kier alpha value is -1.27. The van der Waals surface area contributed by atoms with Gasteiger partial charge in [0, 0.05) is 37.9 Å². The van der Waals surface area contributed by atoms with Crippen LogP contribution < -0.4 is 5.73 Å². The van der Waals surface area contributed by atoms with E-state index < -0.39 is 11.7 Å². The van der Waals surface area contributed by atoms with Crippen LogP contribution in [-0.2, 0) is 6.18 Å². The fourth-order valence-corrected chi connectivity index (χ4v) is 2.50. The van der Waals surface area contributed by atoms with Crippen LogP contribution in [0.4, 0.5) is 18.9 Å². The maximum atomic E-state index is 12.8. The van der Waals surface area contributed by atoms with Crippen LogP contribution in [0.15, 0.2) is 18.2 Å². The van der Waals surface area contributed by atoms with Crippen LogP contribution in [0.5, 0.6) is 0 Å². The van der Waals surface area contributed by atoms with Crippen LogP contribution in [0, 0.1) is 0 Å². The molecule has 1 fully saturated rings. The summed E-state index contributed by atoms with van der Waals surface area (Å²) >= 11 is 0. The Balaban J connectivity index is 2.21. The topological polar surface area (TPSA) is 32.5 Å². The van der Waals surface area contributed by atoms with Crippen LogP contribution in [0.3, 0.4) is 0 Å². The molecule has 1 unspecified atom stereocenters. The van der Waals surface area contributed by atoms with E-state index >= 15 is 0 Å². The summed E-state index contributed by atoms with van der Waals surface area (Å²) < 4.78 is 38.5. The molecule has 0 radical (unpaired) electrons. The second-order valence-electron chi connectivity index (χ2n) is 5.40. The fourth-order valence-electron chi connectivity index (χ4n) is 2.50. The molecule has 3 nitrogen and oxygen atoms in total. The minimum atomic E-state index is -4.36. The molecule has 1 atom stereocenters. The normalized spacial score (nSPS) is 20.1. The number of nitrogens with two attached hydrogens (primary N) is 1. The van der Waals surface area contributed by atoms with Crippen molar-refractivity contribution in [2.24, 2.45) is 0 Å². The number of hydrogen-bond donors (Lipinski definition) is 1. The lowest BCUT2D eigenvalue weighted by Crippen LogP contribution is -2.45. The quantitative estimate of drug-likeness (QED) is 0.849. The summed E-state index contributed by atoms with van der Waals surface area (Å²) in [5, 5.41) is 0. The van der Waals surface area contributed by atoms with E-state index in [4.69, 9.17) is 5.73 Å². The van der Waals surface area contributed by atoms with Gasteiger partial charge in [0.2, 0.25) is 0 Å². The summed E-state index contributed by atoms with van der Waals surface area (Å²) in [6.07, 6.45) is -4.36. The number of likely N-dealkylation sites (N-methyl/N-ethyl adjacent to an activating group) is 1. The fraction of sp³-hybridized carbons (Fsp3) is 0.571. The third-order valence-corrected chi connectivity index (χ3v) is 3.87. The molecule has 0 bridgehead atoms. The van der Waals surface area contributed by atoms with Crippen molar-refractivity contribution in [3.05, 3.63) is 29.3 Å². The molecular weight excluding hydrogens is 267 g/mol. The minimum Gasteiger partial charge on any atom is -0.399 e. The van der Waals surface area contributed by atoms with Gasteiger partial charge in [-0.25, -0.2) is 0 Å². The number of halogens is 3. The Labute approximate surface area is 117 Å². The van der Waals surface area contributed by atoms with Gasteiger partial charge in [-0.05, 0) is 37.7 Å². The summed E-state index contributed by atoms with van der Waals surface area (Å²) in [6, 6.07) is 3.77. The average Bonchev–Trinajstić information content (AvgIpc) is 2.37. The Morgan fingerprint density at radius 1 is 1.10 bits per heavy atom. The molecule has 112 valence electrons. The molecule has 1 heterocycles. The summed E-state index contributed by atoms with van der Waals surface area (Å²) in [5.74, 6) is 0. The number of anilines is 1. The lowest BCUT2D eigenvalue weighted by atomic mass is 10.0. The number of rotatable bonds is 2. The first-order valence-electron chi connectivity index (χ1n) is 6.67. The van der Waals surface area contributed by atoms with Crippen molar-refractivity contribution in [3.63, 3.8) is 0 Å². The van der Waals surface area contributed by atoms with E-state index in [1.807, 2.05) is 14.0 Å². The van der Waals surface area contributed by atoms with Crippen molar-refractivity contribution < 1.29 is 13.2 Å². The van der Waals surface area contributed by atoms with Gasteiger partial charge in [-0.3, -0.25) is 4.90 Å². The first-order chi connectivity index (χ1) is 9.27. The summed E-state index contributed by atoms with van der Waals surface area (Å²) in [5.41, 5.74) is 5.74. The zero-order valence-corrected chi connectivity index (χ0v) is 11.7. The van der Waals surface area contributed by atoms with Crippen LogP contribution in [0.1, 0.15) is 24.1 Å². The van der Waals surface area contributed by atoms with Crippen LogP contribution >= 0.6 is 0 Å². The molecule has 2 rings (SSSR count). The predicted octanol–water partition coefficient (Wildman–Crippen LogP) is 2.60. The van der Waals surface area contributed by atoms with Crippen LogP contribution in [-0.4, -0.2) is 43.0 Å². The predicted molar refractivity (Wildman–Crippen MR) is 73.3 cm³/mol. The summed E-state index contributed by atoms with van der Waals surface area (Å²) in [6.45, 7) is 5.50. The Bertz CT molecular complexity index is 465. The second kappa shape index (κ2) is 5.61. The van der Waals surface area contributed by atoms with Crippen LogP contribution in [0.25, 0.3) is 0 Å². The molecular formula is C14H20F3N3. The SMILES string of the molecule is CC(c1cc(N)cc(C(F)(F)F)c1)N1CCN(C)CC1. The highest BCUT2D eigenvalue weighted by atomic mass is 19.4. The van der Waals surface area contributed by atoms with Gasteiger partial charge in [-0.2, -0.15) is 13.2 Å². The second-order valence-corrected chi connectivity index (χ2v) is 5.40. The molecule has 0 amide bonds. The van der Waals surface area contributed by atoms with Crippen molar-refractivity contribution >= 4 is 5.69 Å². The molecule has 0 spiro atoms. The van der Waals surface area contributed by atoms with Crippen molar-refractivity contribution in [2.75, 3.05) is 39.0 Å². The smallest absolute Gasteiger partial charge is 0.399 e. The van der Waals surface area contributed by atoms with E-state index in [0.717, 1.165) is 32.2 Å². The maximum Gasteiger partial charge on any atom is 0.416 e. The van der Waals surface area contributed by atoms with Gasteiger partial charge in [0.1, 0.15) is 0 Å². The molecule has 0 aliphatic carbocycles. The molecule has 1 aliphatic rings. The summed E-state index contributed by atoms with van der Waals surface area (Å²) in [7, 11) is 2.05. The minimum absolute atomic E-state index is 0.0618. The zero-order valence-electron chi connectivity index (χ0n) is 11.7. The highest BCUT2D eigenvalue weighted by Gasteiger charge is 2.32. The van der Waals surface area contributed by atoms with Crippen molar-refractivity contribution in [1.82, 2.24) is 9.80 Å². The van der Waals surface area contributed by atoms with Crippen molar-refractivity contribution in [2.45, 2.75) is 19.1 Å². The number of piperazine rings is 1. The largest absolute Gasteiger partial charge is 0.416 e. The van der Waals surface area contributed by atoms with E-state index in [2.05, 4.69) is 9.80 Å². The van der Waals surface area contributed by atoms with E-state index in [1.165, 1.54) is 6.07 Å². The standard InChI is InChI=1S/C14H20F3N3/c1-10(20-5-3-19(2)4-6-20)11-7-12(14(15,16)17)9-13(18)8-11/h7-10H,3-6,18H2,1-2H3. The third-order valence-electron chi connectivity index (χ3n) is 3.87. The van der Waals surface area contributed by atoms with Gasteiger partial charge in [-0.1, -0.05) is 0 Å². The van der Waals surface area contributed by atoms with Gasteiger partial charge in [-0.15, -0.1) is 0 Å². The Morgan fingerprint density at radius 2 is 1.70 bits per heavy atom. The first-order valence-corrected chi connectivity index (χ1v) is 6.67. The molecule has 1 saturated heterocycles. The van der Waals surface area contributed by atoms with Crippen LogP contribution in [0.2, 0.25) is 0 Å². The Kier molecular flexibility index (Phi) is 4.25. The van der Waals surface area contributed by atoms with Gasteiger partial charge in [0.25, 0.3) is 0 Å². The molecule has 6 heteroatoms. The average molecular weight is 287 g/mol. The zero-order chi connectivity index (χ0) is 14.9. The monoisotopic (exact) mass is 287 g/mol. The van der Waals surface area contributed by atoms with Crippen molar-refractivity contribution in [1.29, 1.82) is 0 Å². The van der Waals surface area contributed by atoms with Crippen molar-refractivity contribution in [3.8, 4) is 0 Å². The highest BCUT2D eigenvalue weighted by molar-refractivity contribution is 5.46. The number of nitrogen functional groups attached to an aromatic ring is 1. The first kappa shape index (κ1) is 15.1. The van der Waals surface area contributed by atoms with Gasteiger partial charge in [0.15, 0.2) is 0 Å². The molecule has 0 saturated carbocycles. The molecule has 0 aromatic heterocycles. The van der Waals surface area contributed by atoms with Gasteiger partial charge >= 0.3 is 6.18 Å². The lowest BCUT2D eigenvalue weighted by Gasteiger charge is -2.36. The van der Waals surface area contributed by atoms with Gasteiger partial charge < -0.3 is 10.6 Å². The number of nitrogens with zero attached hydrogens (tertiary/aromatic N) is 2. The molecule has 20 heavy (non-hydrogen) atoms. The molecule has 2 N–H and O–H groups in total. The van der Waals surface area contributed by atoms with E-state index in [0.29, 0.717) is 5.56 Å². The lowest BCUT2D eigenvalue weighted by molar-refractivity contribution is -0.137. The molecule has 1 aromatic carbocycles. The van der Waals surface area contributed by atoms with E-state index in [-0.39, 0.29) is 11.7 Å². The number of hydrogen-bond acceptors (Lipinski definition) is 3. The molecule has 1 aliphatic heterocycles. The van der Waals surface area contributed by atoms with E-state index in [9.17, 15) is 13.2 Å². The maximum absolute atomic E-state index is 12.8. The Morgan fingerprint density at radius 3 is 2.25 bits per heavy atom. The summed E-state index contributed by atoms with van der Waals surface area (Å²) in [4.78, 5) is 4.40. The number of alkyl halides is 3. The third kappa shape index (κ3) is 3.43. The van der Waals surface area contributed by atoms with E-state index in [1.54, 1.807) is 6.07 Å². The molecule has 1 aromatic rings. The van der Waals surface area contributed by atoms with Gasteiger partial charge in [0.05, 0.1) is 5.56 Å². The number of benzene rings is 1.